The molecule has 0 rings (SSSR count). The number of unbranched alkanes of at least 4 members (excludes halogenated alkanes) is 1. The van der Waals surface area contributed by atoms with Crippen LogP contribution >= 0.6 is 0 Å². The Hall–Kier alpha value is 0.870. The fourth-order valence-electron chi connectivity index (χ4n) is 3.37. The Bertz CT molecular complexity index is 380. The summed E-state index contributed by atoms with van der Waals surface area (Å²) < 4.78 is 38.1. The summed E-state index contributed by atoms with van der Waals surface area (Å²) in [6.45, 7) is 10.2. The molecular formula is C17H35NaO4S. The van der Waals surface area contributed by atoms with Crippen molar-refractivity contribution in [2.75, 3.05) is 0 Å². The number of hydrogen-bond donors (Lipinski definition) is 0. The average molecular weight is 359 g/mol. The van der Waals surface area contributed by atoms with E-state index >= 15 is 0 Å². The second-order valence-electron chi connectivity index (χ2n) is 6.51. The van der Waals surface area contributed by atoms with Crippen LogP contribution in [0.2, 0.25) is 0 Å². The maximum Gasteiger partial charge on any atom is 1.00 e. The van der Waals surface area contributed by atoms with Crippen molar-refractivity contribution in [3.8, 4) is 0 Å². The van der Waals surface area contributed by atoms with Crippen molar-refractivity contribution in [3.63, 3.8) is 0 Å². The van der Waals surface area contributed by atoms with Gasteiger partial charge in [0.1, 0.15) is 0 Å². The zero-order chi connectivity index (χ0) is 17.2. The number of rotatable bonds is 13. The van der Waals surface area contributed by atoms with Gasteiger partial charge in [0.15, 0.2) is 0 Å². The van der Waals surface area contributed by atoms with E-state index < -0.39 is 16.0 Å². The first kappa shape index (κ1) is 26.1. The van der Waals surface area contributed by atoms with Gasteiger partial charge in [-0.25, -0.2) is 8.42 Å². The predicted octanol–water partition coefficient (Wildman–Crippen LogP) is 2.05. The van der Waals surface area contributed by atoms with E-state index in [1.807, 2.05) is 20.8 Å². The Morgan fingerprint density at radius 1 is 1.00 bits per heavy atom. The molecule has 23 heavy (non-hydrogen) atoms. The van der Waals surface area contributed by atoms with E-state index in [0.29, 0.717) is 12.8 Å². The quantitative estimate of drug-likeness (QED) is 0.287. The van der Waals surface area contributed by atoms with Gasteiger partial charge in [-0.2, -0.15) is 0 Å². The Labute approximate surface area is 166 Å². The van der Waals surface area contributed by atoms with Crippen molar-refractivity contribution in [2.24, 2.45) is 11.8 Å². The second-order valence-corrected chi connectivity index (χ2v) is 7.50. The van der Waals surface area contributed by atoms with Crippen molar-refractivity contribution < 1.29 is 46.7 Å². The fourth-order valence-corrected chi connectivity index (χ4v) is 4.18. The Balaban J connectivity index is 0. The molecule has 2 unspecified atom stereocenters. The van der Waals surface area contributed by atoms with Gasteiger partial charge >= 0.3 is 29.6 Å². The average Bonchev–Trinajstić information content (AvgIpc) is 2.47. The smallest absolute Gasteiger partial charge is 0.726 e. The van der Waals surface area contributed by atoms with Crippen molar-refractivity contribution in [1.29, 1.82) is 0 Å². The predicted molar refractivity (Wildman–Crippen MR) is 90.4 cm³/mol. The van der Waals surface area contributed by atoms with Gasteiger partial charge in [0, 0.05) is 0 Å². The maximum atomic E-state index is 11.0. The summed E-state index contributed by atoms with van der Waals surface area (Å²) in [6, 6.07) is 0. The molecule has 0 aliphatic rings. The summed E-state index contributed by atoms with van der Waals surface area (Å²) in [5.74, 6) is 0.823. The van der Waals surface area contributed by atoms with E-state index in [0.717, 1.165) is 18.8 Å². The molecule has 4 nitrogen and oxygen atoms in total. The van der Waals surface area contributed by atoms with Gasteiger partial charge < -0.3 is 4.55 Å². The van der Waals surface area contributed by atoms with Crippen LogP contribution in [0.1, 0.15) is 92.4 Å². The molecule has 0 heterocycles. The van der Waals surface area contributed by atoms with Crippen molar-refractivity contribution in [2.45, 2.75) is 98.0 Å². The van der Waals surface area contributed by atoms with Gasteiger partial charge in [0.05, 0.1) is 5.60 Å². The molecule has 0 bridgehead atoms. The summed E-state index contributed by atoms with van der Waals surface area (Å²) in [5.41, 5.74) is -0.842. The Morgan fingerprint density at radius 2 is 1.52 bits per heavy atom. The van der Waals surface area contributed by atoms with Crippen LogP contribution in [-0.2, 0) is 14.6 Å². The first-order valence-electron chi connectivity index (χ1n) is 8.91. The van der Waals surface area contributed by atoms with Crippen LogP contribution in [0.5, 0.6) is 0 Å². The number of hydrogen-bond acceptors (Lipinski definition) is 4. The van der Waals surface area contributed by atoms with Gasteiger partial charge in [-0.05, 0) is 31.1 Å². The Kier molecular flexibility index (Phi) is 14.9. The van der Waals surface area contributed by atoms with E-state index in [4.69, 9.17) is 4.18 Å². The Morgan fingerprint density at radius 3 is 1.91 bits per heavy atom. The van der Waals surface area contributed by atoms with E-state index in [2.05, 4.69) is 13.8 Å². The van der Waals surface area contributed by atoms with Gasteiger partial charge in [0.25, 0.3) is 0 Å². The van der Waals surface area contributed by atoms with Gasteiger partial charge in [-0.3, -0.25) is 4.18 Å². The maximum absolute atomic E-state index is 11.0. The molecule has 0 aromatic rings. The molecule has 0 aromatic heterocycles. The minimum Gasteiger partial charge on any atom is -0.726 e. The van der Waals surface area contributed by atoms with E-state index in [1.54, 1.807) is 0 Å². The normalized spacial score (nSPS) is 15.0. The summed E-state index contributed by atoms with van der Waals surface area (Å²) in [4.78, 5) is 0. The molecule has 0 radical (unpaired) electrons. The molecule has 0 aliphatic heterocycles. The van der Waals surface area contributed by atoms with E-state index in [-0.39, 0.29) is 35.5 Å². The molecule has 134 valence electrons. The molecule has 0 aromatic carbocycles. The third-order valence-corrected chi connectivity index (χ3v) is 5.69. The van der Waals surface area contributed by atoms with Crippen LogP contribution in [0.15, 0.2) is 0 Å². The van der Waals surface area contributed by atoms with E-state index in [1.165, 1.54) is 32.1 Å². The standard InChI is InChI=1S/C17H36O4S.Na/c1-6-10-13-16(7-2)14-11-12-15(5)17(8-3,9-4)21-22(18,19)20;/h15-16H,6-14H2,1-5H3,(H,18,19,20);/q;+1/p-1. The third-order valence-electron chi connectivity index (χ3n) is 5.16. The first-order valence-corrected chi connectivity index (χ1v) is 10.2. The second kappa shape index (κ2) is 13.1. The molecule has 0 amide bonds. The molecule has 0 aliphatic carbocycles. The third kappa shape index (κ3) is 10.5. The monoisotopic (exact) mass is 358 g/mol. The summed E-state index contributed by atoms with van der Waals surface area (Å²) >= 11 is 0. The molecule has 0 saturated carbocycles. The van der Waals surface area contributed by atoms with Crippen LogP contribution in [-0.4, -0.2) is 18.6 Å². The van der Waals surface area contributed by atoms with Gasteiger partial charge in [0.2, 0.25) is 10.4 Å². The SMILES string of the molecule is CCCCC(CC)CCCC(C)C(CC)(CC)OS(=O)(=O)[O-].[Na+]. The van der Waals surface area contributed by atoms with Crippen LogP contribution in [0.25, 0.3) is 0 Å². The molecule has 2 atom stereocenters. The van der Waals surface area contributed by atoms with Crippen LogP contribution in [0, 0.1) is 11.8 Å². The summed E-state index contributed by atoms with van der Waals surface area (Å²) in [7, 11) is -4.66. The molecule has 0 saturated heterocycles. The largest absolute Gasteiger partial charge is 1.00 e. The minimum atomic E-state index is -4.66. The molecular weight excluding hydrogens is 323 g/mol. The van der Waals surface area contributed by atoms with Crippen molar-refractivity contribution in [3.05, 3.63) is 0 Å². The molecule has 0 N–H and O–H groups in total. The van der Waals surface area contributed by atoms with Crippen molar-refractivity contribution in [1.82, 2.24) is 0 Å². The molecule has 6 heteroatoms. The van der Waals surface area contributed by atoms with Crippen LogP contribution in [0.3, 0.4) is 0 Å². The van der Waals surface area contributed by atoms with Crippen LogP contribution in [0.4, 0.5) is 0 Å². The van der Waals surface area contributed by atoms with Crippen molar-refractivity contribution >= 4 is 10.4 Å². The molecule has 0 fully saturated rings. The topological polar surface area (TPSA) is 66.4 Å². The molecule has 0 spiro atoms. The minimum absolute atomic E-state index is 0. The zero-order valence-corrected chi connectivity index (χ0v) is 18.9. The van der Waals surface area contributed by atoms with E-state index in [9.17, 15) is 13.0 Å². The zero-order valence-electron chi connectivity index (χ0n) is 16.1. The van der Waals surface area contributed by atoms with Crippen LogP contribution < -0.4 is 29.6 Å². The fraction of sp³-hybridized carbons (Fsp3) is 1.00. The summed E-state index contributed by atoms with van der Waals surface area (Å²) in [5, 5.41) is 0. The van der Waals surface area contributed by atoms with Gasteiger partial charge in [-0.15, -0.1) is 0 Å². The first-order chi connectivity index (χ1) is 10.2. The van der Waals surface area contributed by atoms with Gasteiger partial charge in [-0.1, -0.05) is 73.1 Å². The summed E-state index contributed by atoms with van der Waals surface area (Å²) in [6.07, 6.45) is 9.21.